The number of benzene rings is 1. The molecule has 13 heavy (non-hydrogen) atoms. The van der Waals surface area contributed by atoms with Gasteiger partial charge in [-0.15, -0.1) is 0 Å². The zero-order valence-corrected chi connectivity index (χ0v) is 7.52. The van der Waals surface area contributed by atoms with Crippen molar-refractivity contribution in [3.63, 3.8) is 0 Å². The predicted octanol–water partition coefficient (Wildman–Crippen LogP) is 2.28. The summed E-state index contributed by atoms with van der Waals surface area (Å²) < 4.78 is 12.6. The smallest absolute Gasteiger partial charge is 0.123 e. The maximum atomic E-state index is 12.6. The number of rotatable bonds is 2. The van der Waals surface area contributed by atoms with E-state index < -0.39 is 0 Å². The van der Waals surface area contributed by atoms with Gasteiger partial charge in [0.25, 0.3) is 0 Å². The Hall–Kier alpha value is -0.890. The molecule has 1 heterocycles. The van der Waals surface area contributed by atoms with Crippen molar-refractivity contribution in [3.8, 4) is 0 Å². The Balaban J connectivity index is 1.97. The molecule has 1 aromatic carbocycles. The zero-order valence-electron chi connectivity index (χ0n) is 7.52. The topological polar surface area (TPSA) is 12.0 Å². The SMILES string of the molecule is Fc1ccc(C[C]2CCCN2)cc1. The first-order valence-corrected chi connectivity index (χ1v) is 4.67. The minimum Gasteiger partial charge on any atom is -0.309 e. The molecule has 1 fully saturated rings. The first-order chi connectivity index (χ1) is 6.34. The third-order valence-electron chi connectivity index (χ3n) is 2.36. The van der Waals surface area contributed by atoms with Crippen LogP contribution < -0.4 is 5.32 Å². The number of hydrogen-bond acceptors (Lipinski definition) is 1. The summed E-state index contributed by atoms with van der Waals surface area (Å²) in [5.74, 6) is -0.159. The Morgan fingerprint density at radius 2 is 2.00 bits per heavy atom. The number of nitrogens with one attached hydrogen (secondary N) is 1. The molecule has 69 valence electrons. The maximum absolute atomic E-state index is 12.6. The van der Waals surface area contributed by atoms with Crippen LogP contribution >= 0.6 is 0 Å². The van der Waals surface area contributed by atoms with E-state index in [0.717, 1.165) is 19.4 Å². The molecule has 1 aliphatic heterocycles. The lowest BCUT2D eigenvalue weighted by Crippen LogP contribution is -2.14. The summed E-state index contributed by atoms with van der Waals surface area (Å²) in [4.78, 5) is 0. The van der Waals surface area contributed by atoms with Crippen molar-refractivity contribution in [2.45, 2.75) is 19.3 Å². The molecule has 1 radical (unpaired) electrons. The van der Waals surface area contributed by atoms with Crippen LogP contribution in [-0.4, -0.2) is 6.54 Å². The van der Waals surface area contributed by atoms with Gasteiger partial charge in [-0.25, -0.2) is 4.39 Å². The summed E-state index contributed by atoms with van der Waals surface area (Å²) in [7, 11) is 0. The third kappa shape index (κ3) is 2.28. The van der Waals surface area contributed by atoms with E-state index in [2.05, 4.69) is 5.32 Å². The fraction of sp³-hybridized carbons (Fsp3) is 0.364. The molecular weight excluding hydrogens is 165 g/mol. The minimum absolute atomic E-state index is 0.159. The van der Waals surface area contributed by atoms with Gasteiger partial charge in [-0.2, -0.15) is 0 Å². The van der Waals surface area contributed by atoms with Crippen molar-refractivity contribution in [2.24, 2.45) is 0 Å². The van der Waals surface area contributed by atoms with Gasteiger partial charge in [-0.1, -0.05) is 12.1 Å². The first kappa shape index (κ1) is 8.70. The lowest BCUT2D eigenvalue weighted by atomic mass is 10.0. The van der Waals surface area contributed by atoms with Crippen molar-refractivity contribution in [1.29, 1.82) is 0 Å². The van der Waals surface area contributed by atoms with Gasteiger partial charge in [0.05, 0.1) is 0 Å². The molecule has 2 rings (SSSR count). The van der Waals surface area contributed by atoms with E-state index in [4.69, 9.17) is 0 Å². The normalized spacial score (nSPS) is 17.9. The molecule has 0 unspecified atom stereocenters. The van der Waals surface area contributed by atoms with Crippen LogP contribution in [0.1, 0.15) is 18.4 Å². The van der Waals surface area contributed by atoms with E-state index in [1.807, 2.05) is 12.1 Å². The molecule has 0 aromatic heterocycles. The Labute approximate surface area is 78.0 Å². The standard InChI is InChI=1S/C11H13FN/c12-10-5-3-9(4-6-10)8-11-2-1-7-13-11/h3-6,13H,1-2,7-8H2. The second kappa shape index (κ2) is 3.88. The van der Waals surface area contributed by atoms with Crippen LogP contribution in [0.3, 0.4) is 0 Å². The Morgan fingerprint density at radius 1 is 1.23 bits per heavy atom. The van der Waals surface area contributed by atoms with Crippen molar-refractivity contribution in [2.75, 3.05) is 6.54 Å². The summed E-state index contributed by atoms with van der Waals surface area (Å²) >= 11 is 0. The molecule has 1 saturated heterocycles. The van der Waals surface area contributed by atoms with Crippen molar-refractivity contribution >= 4 is 0 Å². The fourth-order valence-electron chi connectivity index (χ4n) is 1.65. The molecular formula is C11H13FN. The summed E-state index contributed by atoms with van der Waals surface area (Å²) in [6.07, 6.45) is 3.34. The van der Waals surface area contributed by atoms with Gasteiger partial charge < -0.3 is 5.32 Å². The van der Waals surface area contributed by atoms with E-state index in [1.165, 1.54) is 30.2 Å². The lowest BCUT2D eigenvalue weighted by molar-refractivity contribution is 0.626. The van der Waals surface area contributed by atoms with Gasteiger partial charge in [0, 0.05) is 6.04 Å². The Kier molecular flexibility index (Phi) is 2.60. The molecule has 1 nitrogen and oxygen atoms in total. The quantitative estimate of drug-likeness (QED) is 0.732. The van der Waals surface area contributed by atoms with Gasteiger partial charge in [0.1, 0.15) is 5.82 Å². The zero-order chi connectivity index (χ0) is 9.10. The average Bonchev–Trinajstić information content (AvgIpc) is 2.62. The van der Waals surface area contributed by atoms with Gasteiger partial charge in [-0.05, 0) is 43.5 Å². The second-order valence-electron chi connectivity index (χ2n) is 3.44. The molecule has 1 N–H and O–H groups in total. The van der Waals surface area contributed by atoms with Crippen LogP contribution in [0.15, 0.2) is 24.3 Å². The monoisotopic (exact) mass is 178 g/mol. The summed E-state index contributed by atoms with van der Waals surface area (Å²) in [6.45, 7) is 1.09. The van der Waals surface area contributed by atoms with Crippen LogP contribution in [0.4, 0.5) is 4.39 Å². The number of halogens is 1. The molecule has 0 atom stereocenters. The van der Waals surface area contributed by atoms with Crippen LogP contribution in [-0.2, 0) is 6.42 Å². The summed E-state index contributed by atoms with van der Waals surface area (Å²) in [5.41, 5.74) is 1.19. The van der Waals surface area contributed by atoms with Crippen molar-refractivity contribution < 1.29 is 4.39 Å². The summed E-state index contributed by atoms with van der Waals surface area (Å²) in [6, 6.07) is 8.12. The first-order valence-electron chi connectivity index (χ1n) is 4.67. The van der Waals surface area contributed by atoms with Crippen LogP contribution in [0.2, 0.25) is 0 Å². The highest BCUT2D eigenvalue weighted by molar-refractivity contribution is 5.20. The largest absolute Gasteiger partial charge is 0.309 e. The molecule has 1 aliphatic rings. The average molecular weight is 178 g/mol. The molecule has 0 spiro atoms. The Bertz CT molecular complexity index is 262. The molecule has 2 heteroatoms. The van der Waals surface area contributed by atoms with Crippen LogP contribution in [0, 0.1) is 11.9 Å². The molecule has 1 aromatic rings. The van der Waals surface area contributed by atoms with Gasteiger partial charge in [0.15, 0.2) is 0 Å². The fourth-order valence-corrected chi connectivity index (χ4v) is 1.65. The second-order valence-corrected chi connectivity index (χ2v) is 3.44. The molecule has 0 aliphatic carbocycles. The predicted molar refractivity (Wildman–Crippen MR) is 50.6 cm³/mol. The highest BCUT2D eigenvalue weighted by atomic mass is 19.1. The van der Waals surface area contributed by atoms with E-state index in [1.54, 1.807) is 0 Å². The van der Waals surface area contributed by atoms with Gasteiger partial charge in [0.2, 0.25) is 0 Å². The van der Waals surface area contributed by atoms with Crippen molar-refractivity contribution in [3.05, 3.63) is 41.7 Å². The highest BCUT2D eigenvalue weighted by Crippen LogP contribution is 2.18. The molecule has 0 bridgehead atoms. The molecule has 0 amide bonds. The van der Waals surface area contributed by atoms with E-state index >= 15 is 0 Å². The lowest BCUT2D eigenvalue weighted by Gasteiger charge is -2.08. The van der Waals surface area contributed by atoms with E-state index in [-0.39, 0.29) is 5.82 Å². The van der Waals surface area contributed by atoms with Crippen LogP contribution in [0.25, 0.3) is 0 Å². The third-order valence-corrected chi connectivity index (χ3v) is 2.36. The minimum atomic E-state index is -0.159. The van der Waals surface area contributed by atoms with E-state index in [0.29, 0.717) is 0 Å². The van der Waals surface area contributed by atoms with Gasteiger partial charge in [-0.3, -0.25) is 0 Å². The highest BCUT2D eigenvalue weighted by Gasteiger charge is 2.14. The van der Waals surface area contributed by atoms with E-state index in [9.17, 15) is 4.39 Å². The number of hydrogen-bond donors (Lipinski definition) is 1. The van der Waals surface area contributed by atoms with Crippen LogP contribution in [0.5, 0.6) is 0 Å². The molecule has 0 saturated carbocycles. The summed E-state index contributed by atoms with van der Waals surface area (Å²) in [5, 5.41) is 3.34. The Morgan fingerprint density at radius 3 is 2.62 bits per heavy atom. The maximum Gasteiger partial charge on any atom is 0.123 e. The van der Waals surface area contributed by atoms with Gasteiger partial charge >= 0.3 is 0 Å². The van der Waals surface area contributed by atoms with Crippen molar-refractivity contribution in [1.82, 2.24) is 5.32 Å².